The summed E-state index contributed by atoms with van der Waals surface area (Å²) in [5.74, 6) is 0.0702. The van der Waals surface area contributed by atoms with E-state index in [4.69, 9.17) is 4.74 Å². The van der Waals surface area contributed by atoms with Gasteiger partial charge in [-0.3, -0.25) is 4.79 Å². The quantitative estimate of drug-likeness (QED) is 0.722. The molecule has 1 saturated heterocycles. The molecule has 5 nitrogen and oxygen atoms in total. The van der Waals surface area contributed by atoms with Gasteiger partial charge in [0, 0.05) is 12.0 Å². The third kappa shape index (κ3) is 3.25. The van der Waals surface area contributed by atoms with Crippen LogP contribution in [0.25, 0.3) is 0 Å². The highest BCUT2D eigenvalue weighted by atomic mass is 16.5. The van der Waals surface area contributed by atoms with Crippen LogP contribution in [0.5, 0.6) is 0 Å². The number of nitrogens with zero attached hydrogens (tertiary/aromatic N) is 2. The average molecular weight is 390 g/mol. The maximum atomic E-state index is 13.0. The van der Waals surface area contributed by atoms with E-state index in [-0.39, 0.29) is 11.9 Å². The number of rotatable bonds is 3. The van der Waals surface area contributed by atoms with Crippen molar-refractivity contribution in [2.75, 3.05) is 6.54 Å². The summed E-state index contributed by atoms with van der Waals surface area (Å²) in [6.45, 7) is 8.62. The van der Waals surface area contributed by atoms with Gasteiger partial charge in [-0.05, 0) is 31.5 Å². The minimum Gasteiger partial charge on any atom is -0.425 e. The third-order valence-corrected chi connectivity index (χ3v) is 5.80. The van der Waals surface area contributed by atoms with E-state index >= 15 is 0 Å². The summed E-state index contributed by atoms with van der Waals surface area (Å²) in [4.78, 5) is 25.8. The van der Waals surface area contributed by atoms with Crippen LogP contribution in [-0.4, -0.2) is 28.4 Å². The predicted octanol–water partition coefficient (Wildman–Crippen LogP) is 4.55. The summed E-state index contributed by atoms with van der Waals surface area (Å²) in [7, 11) is 0. The molecule has 0 saturated carbocycles. The Balaban J connectivity index is 1.77. The zero-order chi connectivity index (χ0) is 20.8. The molecule has 2 heterocycles. The number of hydrogen-bond acceptors (Lipinski definition) is 4. The van der Waals surface area contributed by atoms with E-state index in [9.17, 15) is 9.59 Å². The van der Waals surface area contributed by atoms with E-state index in [0.29, 0.717) is 17.9 Å². The lowest BCUT2D eigenvalue weighted by Crippen LogP contribution is -2.49. The molecule has 2 aliphatic rings. The van der Waals surface area contributed by atoms with E-state index in [2.05, 4.69) is 31.0 Å². The van der Waals surface area contributed by atoms with Gasteiger partial charge < -0.3 is 4.74 Å². The Morgan fingerprint density at radius 1 is 0.966 bits per heavy atom. The standard InChI is InChI=1S/C24H26N2O3/c1-23(2)16-26-20(17-11-7-5-8-12-17)24(3,4)19(15-25(26)22(23)28)29-21(27)18-13-9-6-10-14-18/h5-15,20H,16H2,1-4H3. The number of hydrazine groups is 1. The SMILES string of the molecule is CC1(C)CN2C(c3ccccc3)C(C)(C)C(OC(=O)c3ccccc3)=CN2C1=O. The number of fused-ring (bicyclic) bond motifs is 1. The lowest BCUT2D eigenvalue weighted by Gasteiger charge is -2.47. The molecular formula is C24H26N2O3. The number of hydrogen-bond donors (Lipinski definition) is 0. The molecule has 0 N–H and O–H groups in total. The van der Waals surface area contributed by atoms with Crippen molar-refractivity contribution in [3.8, 4) is 0 Å². The molecule has 1 amide bonds. The van der Waals surface area contributed by atoms with Crippen molar-refractivity contribution in [1.82, 2.24) is 10.0 Å². The summed E-state index contributed by atoms with van der Waals surface area (Å²) in [5, 5.41) is 3.73. The summed E-state index contributed by atoms with van der Waals surface area (Å²) < 4.78 is 5.87. The fraction of sp³-hybridized carbons (Fsp3) is 0.333. The Hall–Kier alpha value is -2.92. The van der Waals surface area contributed by atoms with Gasteiger partial charge in [-0.1, -0.05) is 62.4 Å². The van der Waals surface area contributed by atoms with Gasteiger partial charge >= 0.3 is 5.97 Å². The van der Waals surface area contributed by atoms with Crippen molar-refractivity contribution in [3.63, 3.8) is 0 Å². The van der Waals surface area contributed by atoms with Crippen LogP contribution in [0.2, 0.25) is 0 Å². The van der Waals surface area contributed by atoms with Crippen LogP contribution in [-0.2, 0) is 9.53 Å². The first-order valence-electron chi connectivity index (χ1n) is 9.86. The molecule has 2 aromatic carbocycles. The van der Waals surface area contributed by atoms with Crippen LogP contribution >= 0.6 is 0 Å². The van der Waals surface area contributed by atoms with Crippen molar-refractivity contribution in [2.24, 2.45) is 10.8 Å². The number of ether oxygens (including phenoxy) is 1. The minimum absolute atomic E-state index is 0.00203. The smallest absolute Gasteiger partial charge is 0.343 e. The fourth-order valence-corrected chi connectivity index (χ4v) is 4.22. The molecule has 0 radical (unpaired) electrons. The van der Waals surface area contributed by atoms with Crippen molar-refractivity contribution < 1.29 is 14.3 Å². The molecule has 150 valence electrons. The number of benzene rings is 2. The molecule has 29 heavy (non-hydrogen) atoms. The van der Waals surface area contributed by atoms with Gasteiger partial charge in [-0.2, -0.15) is 0 Å². The first kappa shape index (κ1) is 19.4. The molecule has 2 aromatic rings. The van der Waals surface area contributed by atoms with E-state index < -0.39 is 16.8 Å². The molecule has 5 heteroatoms. The van der Waals surface area contributed by atoms with Crippen LogP contribution in [0, 0.1) is 10.8 Å². The van der Waals surface area contributed by atoms with Gasteiger partial charge in [0.15, 0.2) is 0 Å². The summed E-state index contributed by atoms with van der Waals surface area (Å²) >= 11 is 0. The lowest BCUT2D eigenvalue weighted by molar-refractivity contribution is -0.144. The van der Waals surface area contributed by atoms with Crippen LogP contribution in [0.1, 0.15) is 49.7 Å². The third-order valence-electron chi connectivity index (χ3n) is 5.80. The van der Waals surface area contributed by atoms with E-state index in [0.717, 1.165) is 5.56 Å². The van der Waals surface area contributed by atoms with E-state index in [1.165, 1.54) is 0 Å². The first-order valence-corrected chi connectivity index (χ1v) is 9.86. The van der Waals surface area contributed by atoms with Gasteiger partial charge in [0.05, 0.1) is 23.2 Å². The van der Waals surface area contributed by atoms with Crippen LogP contribution in [0.4, 0.5) is 0 Å². The molecule has 1 atom stereocenters. The molecule has 1 unspecified atom stereocenters. The summed E-state index contributed by atoms with van der Waals surface area (Å²) in [6.07, 6.45) is 1.69. The van der Waals surface area contributed by atoms with Crippen LogP contribution in [0.3, 0.4) is 0 Å². The Labute approximate surface area is 171 Å². The van der Waals surface area contributed by atoms with Gasteiger partial charge in [0.25, 0.3) is 0 Å². The molecule has 0 aromatic heterocycles. The van der Waals surface area contributed by atoms with Gasteiger partial charge in [-0.15, -0.1) is 0 Å². The lowest BCUT2D eigenvalue weighted by atomic mass is 9.77. The Morgan fingerprint density at radius 2 is 1.55 bits per heavy atom. The van der Waals surface area contributed by atoms with Gasteiger partial charge in [0.2, 0.25) is 5.91 Å². The summed E-state index contributed by atoms with van der Waals surface area (Å²) in [6, 6.07) is 18.9. The van der Waals surface area contributed by atoms with Crippen LogP contribution < -0.4 is 0 Å². The highest BCUT2D eigenvalue weighted by molar-refractivity contribution is 5.90. The average Bonchev–Trinajstić information content (AvgIpc) is 2.92. The normalized spacial score (nSPS) is 22.8. The Morgan fingerprint density at radius 3 is 2.17 bits per heavy atom. The maximum Gasteiger partial charge on any atom is 0.343 e. The maximum absolute atomic E-state index is 13.0. The largest absolute Gasteiger partial charge is 0.425 e. The van der Waals surface area contributed by atoms with Crippen molar-refractivity contribution in [1.29, 1.82) is 0 Å². The second kappa shape index (κ2) is 6.85. The number of carbonyl (C=O) groups excluding carboxylic acids is 2. The molecule has 2 aliphatic heterocycles. The number of amides is 1. The molecule has 0 aliphatic carbocycles. The fourth-order valence-electron chi connectivity index (χ4n) is 4.22. The summed E-state index contributed by atoms with van der Waals surface area (Å²) in [5.41, 5.74) is 0.520. The highest BCUT2D eigenvalue weighted by Crippen LogP contribution is 2.51. The highest BCUT2D eigenvalue weighted by Gasteiger charge is 2.54. The number of carbonyl (C=O) groups is 2. The Bertz CT molecular complexity index is 964. The van der Waals surface area contributed by atoms with Crippen molar-refractivity contribution in [3.05, 3.63) is 83.7 Å². The Kier molecular flexibility index (Phi) is 4.58. The molecule has 4 rings (SSSR count). The second-order valence-electron chi connectivity index (χ2n) is 8.91. The van der Waals surface area contributed by atoms with Gasteiger partial charge in [-0.25, -0.2) is 14.8 Å². The first-order chi connectivity index (χ1) is 13.7. The minimum atomic E-state index is -0.525. The second-order valence-corrected chi connectivity index (χ2v) is 8.91. The monoisotopic (exact) mass is 390 g/mol. The molecule has 0 bridgehead atoms. The zero-order valence-corrected chi connectivity index (χ0v) is 17.3. The topological polar surface area (TPSA) is 49.9 Å². The van der Waals surface area contributed by atoms with E-state index in [1.54, 1.807) is 35.5 Å². The van der Waals surface area contributed by atoms with Crippen LogP contribution in [0.15, 0.2) is 72.6 Å². The van der Waals surface area contributed by atoms with Crippen molar-refractivity contribution in [2.45, 2.75) is 33.7 Å². The predicted molar refractivity (Wildman–Crippen MR) is 110 cm³/mol. The molecule has 1 fully saturated rings. The van der Waals surface area contributed by atoms with Gasteiger partial charge in [0.1, 0.15) is 5.76 Å². The van der Waals surface area contributed by atoms with Crippen molar-refractivity contribution >= 4 is 11.9 Å². The molecular weight excluding hydrogens is 364 g/mol. The van der Waals surface area contributed by atoms with E-state index in [1.807, 2.05) is 38.1 Å². The molecule has 0 spiro atoms. The zero-order valence-electron chi connectivity index (χ0n) is 17.3. The number of esters is 1.